The summed E-state index contributed by atoms with van der Waals surface area (Å²) in [6, 6.07) is 3.52. The third-order valence-electron chi connectivity index (χ3n) is 3.03. The molecule has 0 spiro atoms. The van der Waals surface area contributed by atoms with E-state index in [9.17, 15) is 0 Å². The lowest BCUT2D eigenvalue weighted by atomic mass is 9.89. The number of aromatic nitrogens is 2. The second-order valence-electron chi connectivity index (χ2n) is 4.53. The van der Waals surface area contributed by atoms with Gasteiger partial charge in [0, 0.05) is 6.07 Å². The fourth-order valence-corrected chi connectivity index (χ4v) is 2.15. The van der Waals surface area contributed by atoms with Crippen LogP contribution >= 0.6 is 0 Å². The predicted octanol–water partition coefficient (Wildman–Crippen LogP) is 1.93. The van der Waals surface area contributed by atoms with E-state index in [1.54, 1.807) is 12.1 Å². The zero-order valence-corrected chi connectivity index (χ0v) is 9.59. The van der Waals surface area contributed by atoms with Crippen LogP contribution in [0.4, 0.5) is 0 Å². The molecular formula is C12H18N2O2. The van der Waals surface area contributed by atoms with Crippen LogP contribution in [0, 0.1) is 5.92 Å². The van der Waals surface area contributed by atoms with Gasteiger partial charge in [0.25, 0.3) is 0 Å². The van der Waals surface area contributed by atoms with Crippen molar-refractivity contribution < 1.29 is 9.84 Å². The third kappa shape index (κ3) is 2.92. The molecule has 0 aliphatic heterocycles. The number of hydrogen-bond acceptors (Lipinski definition) is 4. The van der Waals surface area contributed by atoms with Gasteiger partial charge >= 0.3 is 0 Å². The average Bonchev–Trinajstić information content (AvgIpc) is 2.30. The summed E-state index contributed by atoms with van der Waals surface area (Å²) in [6.45, 7) is 2.18. The second-order valence-corrected chi connectivity index (χ2v) is 4.53. The maximum atomic E-state index is 8.84. The lowest BCUT2D eigenvalue weighted by molar-refractivity contribution is 0.122. The largest absolute Gasteiger partial charge is 0.473 e. The van der Waals surface area contributed by atoms with Crippen molar-refractivity contribution >= 4 is 0 Å². The molecule has 1 aromatic rings. The highest BCUT2D eigenvalue weighted by atomic mass is 16.5. The number of rotatable bonds is 3. The summed E-state index contributed by atoms with van der Waals surface area (Å²) in [5.74, 6) is 1.31. The maximum absolute atomic E-state index is 8.84. The fraction of sp³-hybridized carbons (Fsp3) is 0.667. The van der Waals surface area contributed by atoms with Gasteiger partial charge in [0.1, 0.15) is 6.10 Å². The van der Waals surface area contributed by atoms with Gasteiger partial charge < -0.3 is 9.84 Å². The molecule has 0 saturated heterocycles. The number of aliphatic hydroxyl groups excluding tert-OH is 1. The molecule has 0 aromatic carbocycles. The van der Waals surface area contributed by atoms with Gasteiger partial charge in [-0.3, -0.25) is 0 Å². The first-order valence-electron chi connectivity index (χ1n) is 5.88. The van der Waals surface area contributed by atoms with Gasteiger partial charge in [-0.2, -0.15) is 0 Å². The lowest BCUT2D eigenvalue weighted by Gasteiger charge is -2.26. The number of aliphatic hydroxyl groups is 1. The molecule has 16 heavy (non-hydrogen) atoms. The number of hydrogen-bond donors (Lipinski definition) is 1. The minimum atomic E-state index is -0.0757. The van der Waals surface area contributed by atoms with Gasteiger partial charge in [0.05, 0.1) is 12.3 Å². The molecule has 1 N–H and O–H groups in total. The van der Waals surface area contributed by atoms with Gasteiger partial charge in [-0.25, -0.2) is 0 Å². The van der Waals surface area contributed by atoms with Gasteiger partial charge in [-0.05, 0) is 31.2 Å². The molecule has 88 valence electrons. The van der Waals surface area contributed by atoms with Crippen LogP contribution in [-0.2, 0) is 6.61 Å². The van der Waals surface area contributed by atoms with E-state index in [2.05, 4.69) is 17.1 Å². The van der Waals surface area contributed by atoms with Crippen molar-refractivity contribution in [3.05, 3.63) is 17.8 Å². The first-order chi connectivity index (χ1) is 7.78. The SMILES string of the molecule is CC1CCCC(Oc2ccc(CO)nn2)C1. The van der Waals surface area contributed by atoms with Crippen LogP contribution < -0.4 is 4.74 Å². The minimum absolute atomic E-state index is 0.0757. The molecule has 2 atom stereocenters. The Kier molecular flexibility index (Phi) is 3.72. The van der Waals surface area contributed by atoms with Crippen molar-refractivity contribution in [2.75, 3.05) is 0 Å². The zero-order valence-electron chi connectivity index (χ0n) is 9.59. The summed E-state index contributed by atoms with van der Waals surface area (Å²) < 4.78 is 5.77. The van der Waals surface area contributed by atoms with Crippen LogP contribution in [0.3, 0.4) is 0 Å². The Morgan fingerprint density at radius 3 is 2.88 bits per heavy atom. The molecule has 1 fully saturated rings. The van der Waals surface area contributed by atoms with Crippen LogP contribution in [0.2, 0.25) is 0 Å². The first kappa shape index (κ1) is 11.3. The molecule has 1 heterocycles. The van der Waals surface area contributed by atoms with Crippen LogP contribution in [0.15, 0.2) is 12.1 Å². The Morgan fingerprint density at radius 1 is 1.38 bits per heavy atom. The molecule has 2 unspecified atom stereocenters. The quantitative estimate of drug-likeness (QED) is 0.849. The van der Waals surface area contributed by atoms with Crippen molar-refractivity contribution in [3.8, 4) is 5.88 Å². The number of nitrogens with zero attached hydrogens (tertiary/aromatic N) is 2. The van der Waals surface area contributed by atoms with E-state index in [1.807, 2.05) is 0 Å². The van der Waals surface area contributed by atoms with E-state index in [4.69, 9.17) is 9.84 Å². The molecular weight excluding hydrogens is 204 g/mol. The third-order valence-corrected chi connectivity index (χ3v) is 3.03. The van der Waals surface area contributed by atoms with Crippen molar-refractivity contribution in [1.82, 2.24) is 10.2 Å². The van der Waals surface area contributed by atoms with Crippen molar-refractivity contribution in [1.29, 1.82) is 0 Å². The molecule has 1 aliphatic rings. The summed E-state index contributed by atoms with van der Waals surface area (Å²) in [5.41, 5.74) is 0.573. The minimum Gasteiger partial charge on any atom is -0.473 e. The average molecular weight is 222 g/mol. The van der Waals surface area contributed by atoms with Gasteiger partial charge in [0.2, 0.25) is 5.88 Å². The Morgan fingerprint density at radius 2 is 2.25 bits per heavy atom. The van der Waals surface area contributed by atoms with E-state index in [0.29, 0.717) is 11.6 Å². The van der Waals surface area contributed by atoms with Crippen LogP contribution in [0.5, 0.6) is 5.88 Å². The summed E-state index contributed by atoms with van der Waals surface area (Å²) in [5, 5.41) is 16.6. The van der Waals surface area contributed by atoms with Gasteiger partial charge in [-0.1, -0.05) is 13.3 Å². The maximum Gasteiger partial charge on any atom is 0.233 e. The Labute approximate surface area is 95.7 Å². The van der Waals surface area contributed by atoms with E-state index in [-0.39, 0.29) is 12.7 Å². The smallest absolute Gasteiger partial charge is 0.233 e. The lowest BCUT2D eigenvalue weighted by Crippen LogP contribution is -2.24. The molecule has 1 saturated carbocycles. The molecule has 0 radical (unpaired) electrons. The predicted molar refractivity (Wildman–Crippen MR) is 60.0 cm³/mol. The molecule has 0 bridgehead atoms. The topological polar surface area (TPSA) is 55.2 Å². The molecule has 4 heteroatoms. The first-order valence-corrected chi connectivity index (χ1v) is 5.88. The fourth-order valence-electron chi connectivity index (χ4n) is 2.15. The molecule has 1 aliphatic carbocycles. The van der Waals surface area contributed by atoms with E-state index >= 15 is 0 Å². The molecule has 2 rings (SSSR count). The zero-order chi connectivity index (χ0) is 11.4. The van der Waals surface area contributed by atoms with E-state index < -0.39 is 0 Å². The van der Waals surface area contributed by atoms with Crippen LogP contribution in [-0.4, -0.2) is 21.4 Å². The van der Waals surface area contributed by atoms with Crippen molar-refractivity contribution in [3.63, 3.8) is 0 Å². The van der Waals surface area contributed by atoms with Gasteiger partial charge in [0.15, 0.2) is 0 Å². The number of ether oxygens (including phenoxy) is 1. The van der Waals surface area contributed by atoms with Crippen molar-refractivity contribution in [2.45, 2.75) is 45.3 Å². The van der Waals surface area contributed by atoms with Crippen molar-refractivity contribution in [2.24, 2.45) is 5.92 Å². The summed E-state index contributed by atoms with van der Waals surface area (Å²) in [7, 11) is 0. The summed E-state index contributed by atoms with van der Waals surface area (Å²) in [6.07, 6.45) is 5.01. The van der Waals surface area contributed by atoms with Crippen LogP contribution in [0.1, 0.15) is 38.3 Å². The van der Waals surface area contributed by atoms with E-state index in [0.717, 1.165) is 18.8 Å². The Hall–Kier alpha value is -1.16. The standard InChI is InChI=1S/C12H18N2O2/c1-9-3-2-4-11(7-9)16-12-6-5-10(8-15)13-14-12/h5-6,9,11,15H,2-4,7-8H2,1H3. The Balaban J connectivity index is 1.92. The normalized spacial score (nSPS) is 25.4. The van der Waals surface area contributed by atoms with Gasteiger partial charge in [-0.15, -0.1) is 10.2 Å². The Bertz CT molecular complexity index is 326. The highest BCUT2D eigenvalue weighted by molar-refractivity contribution is 5.11. The van der Waals surface area contributed by atoms with E-state index in [1.165, 1.54) is 12.8 Å². The molecule has 4 nitrogen and oxygen atoms in total. The molecule has 1 aromatic heterocycles. The summed E-state index contributed by atoms with van der Waals surface area (Å²) in [4.78, 5) is 0. The monoisotopic (exact) mass is 222 g/mol. The highest BCUT2D eigenvalue weighted by Gasteiger charge is 2.20. The second kappa shape index (κ2) is 5.25. The highest BCUT2D eigenvalue weighted by Crippen LogP contribution is 2.26. The van der Waals surface area contributed by atoms with Crippen LogP contribution in [0.25, 0.3) is 0 Å². The molecule has 0 amide bonds. The summed E-state index contributed by atoms with van der Waals surface area (Å²) >= 11 is 0.